The lowest BCUT2D eigenvalue weighted by atomic mass is 10.1. The van der Waals surface area contributed by atoms with Crippen LogP contribution in [-0.4, -0.2) is 35.4 Å². The molecule has 0 bridgehead atoms. The van der Waals surface area contributed by atoms with E-state index < -0.39 is 12.0 Å². The number of carbonyl (C=O) groups excluding carboxylic acids is 2. The number of ether oxygens (including phenoxy) is 1. The molecule has 6 nitrogen and oxygen atoms in total. The second kappa shape index (κ2) is 8.47. The number of amides is 1. The van der Waals surface area contributed by atoms with Gasteiger partial charge in [0.05, 0.1) is 6.61 Å². The van der Waals surface area contributed by atoms with Crippen molar-refractivity contribution in [2.45, 2.75) is 45.1 Å². The van der Waals surface area contributed by atoms with Gasteiger partial charge in [-0.2, -0.15) is 0 Å². The number of carboxylic acids is 1. The smallest absolute Gasteiger partial charge is 0.326 e. The zero-order chi connectivity index (χ0) is 17.5. The van der Waals surface area contributed by atoms with E-state index in [1.54, 1.807) is 24.3 Å². The van der Waals surface area contributed by atoms with Crippen molar-refractivity contribution in [3.05, 3.63) is 29.8 Å². The average Bonchev–Trinajstić information content (AvgIpc) is 3.35. The molecular formula is C18H23NO5. The van der Waals surface area contributed by atoms with Crippen LogP contribution in [0.5, 0.6) is 5.75 Å². The number of carbonyl (C=O) groups is 3. The van der Waals surface area contributed by atoms with Crippen LogP contribution < -0.4 is 10.1 Å². The fraction of sp³-hybridized carbons (Fsp3) is 0.500. The molecule has 24 heavy (non-hydrogen) atoms. The minimum atomic E-state index is -0.975. The van der Waals surface area contributed by atoms with Crippen molar-refractivity contribution in [1.29, 1.82) is 0 Å². The molecule has 0 aromatic heterocycles. The number of nitrogens with one attached hydrogen (secondary N) is 1. The van der Waals surface area contributed by atoms with E-state index in [2.05, 4.69) is 5.32 Å². The highest BCUT2D eigenvalue weighted by molar-refractivity contribution is 5.94. The summed E-state index contributed by atoms with van der Waals surface area (Å²) < 4.78 is 5.51. The summed E-state index contributed by atoms with van der Waals surface area (Å²) >= 11 is 0. The quantitative estimate of drug-likeness (QED) is 0.507. The van der Waals surface area contributed by atoms with Gasteiger partial charge in [-0.15, -0.1) is 0 Å². The molecule has 0 aliphatic heterocycles. The highest BCUT2D eigenvalue weighted by Crippen LogP contribution is 2.33. The summed E-state index contributed by atoms with van der Waals surface area (Å²) in [5, 5.41) is 11.7. The van der Waals surface area contributed by atoms with Gasteiger partial charge in [0.15, 0.2) is 5.78 Å². The lowest BCUT2D eigenvalue weighted by molar-refractivity contribution is -0.142. The normalized spacial score (nSPS) is 14.7. The van der Waals surface area contributed by atoms with E-state index in [9.17, 15) is 14.4 Å². The van der Waals surface area contributed by atoms with Crippen LogP contribution in [0, 0.1) is 5.92 Å². The molecule has 0 heterocycles. The summed E-state index contributed by atoms with van der Waals surface area (Å²) in [4.78, 5) is 34.1. The highest BCUT2D eigenvalue weighted by Gasteiger charge is 2.29. The molecular weight excluding hydrogens is 310 g/mol. The second-order valence-electron chi connectivity index (χ2n) is 6.17. The maximum atomic E-state index is 11.8. The lowest BCUT2D eigenvalue weighted by Gasteiger charge is -2.14. The molecule has 2 rings (SSSR count). The molecule has 1 amide bonds. The van der Waals surface area contributed by atoms with Gasteiger partial charge < -0.3 is 15.2 Å². The standard InChI is InChI=1S/C18H23NO5/c1-12(20)14-6-8-15(9-7-14)24-10-2-3-17(21)19-16(18(22)23)11-13-4-5-13/h6-9,13,16H,2-5,10-11H2,1H3,(H,19,21)(H,22,23). The third-order valence-corrected chi connectivity index (χ3v) is 3.98. The maximum absolute atomic E-state index is 11.8. The maximum Gasteiger partial charge on any atom is 0.326 e. The Morgan fingerprint density at radius 3 is 2.46 bits per heavy atom. The lowest BCUT2D eigenvalue weighted by Crippen LogP contribution is -2.41. The number of carboxylic acid groups (broad SMARTS) is 1. The van der Waals surface area contributed by atoms with Crippen LogP contribution in [0.25, 0.3) is 0 Å². The van der Waals surface area contributed by atoms with E-state index >= 15 is 0 Å². The fourth-order valence-corrected chi connectivity index (χ4v) is 2.38. The van der Waals surface area contributed by atoms with Gasteiger partial charge in [0, 0.05) is 12.0 Å². The van der Waals surface area contributed by atoms with Gasteiger partial charge in [-0.05, 0) is 49.9 Å². The molecule has 1 aliphatic rings. The molecule has 1 atom stereocenters. The van der Waals surface area contributed by atoms with Gasteiger partial charge in [-0.1, -0.05) is 12.8 Å². The van der Waals surface area contributed by atoms with Crippen molar-refractivity contribution < 1.29 is 24.2 Å². The van der Waals surface area contributed by atoms with Crippen molar-refractivity contribution in [3.8, 4) is 5.75 Å². The number of Topliss-reactive ketones (excluding diaryl/α,β-unsaturated/α-hetero) is 1. The average molecular weight is 333 g/mol. The SMILES string of the molecule is CC(=O)c1ccc(OCCCC(=O)NC(CC2CC2)C(=O)O)cc1. The van der Waals surface area contributed by atoms with Crippen LogP contribution >= 0.6 is 0 Å². The summed E-state index contributed by atoms with van der Waals surface area (Å²) in [6.07, 6.45) is 3.34. The van der Waals surface area contributed by atoms with Gasteiger partial charge >= 0.3 is 5.97 Å². The van der Waals surface area contributed by atoms with Gasteiger partial charge in [-0.3, -0.25) is 9.59 Å². The Balaban J connectivity index is 1.66. The summed E-state index contributed by atoms with van der Waals surface area (Å²) in [6.45, 7) is 1.86. The van der Waals surface area contributed by atoms with Crippen LogP contribution in [0.3, 0.4) is 0 Å². The minimum Gasteiger partial charge on any atom is -0.494 e. The second-order valence-corrected chi connectivity index (χ2v) is 6.17. The highest BCUT2D eigenvalue weighted by atomic mass is 16.5. The number of benzene rings is 1. The summed E-state index contributed by atoms with van der Waals surface area (Å²) in [5.41, 5.74) is 0.622. The molecule has 1 aromatic carbocycles. The predicted molar refractivity (Wildman–Crippen MR) is 88.1 cm³/mol. The van der Waals surface area contributed by atoms with Crippen LogP contribution in [0.2, 0.25) is 0 Å². The topological polar surface area (TPSA) is 92.7 Å². The van der Waals surface area contributed by atoms with Crippen molar-refractivity contribution in [1.82, 2.24) is 5.32 Å². The van der Waals surface area contributed by atoms with E-state index in [1.165, 1.54) is 6.92 Å². The van der Waals surface area contributed by atoms with Crippen LogP contribution in [-0.2, 0) is 9.59 Å². The summed E-state index contributed by atoms with van der Waals surface area (Å²) in [6, 6.07) is 6.03. The van der Waals surface area contributed by atoms with E-state index in [1.807, 2.05) is 0 Å². The van der Waals surface area contributed by atoms with Crippen LogP contribution in [0.4, 0.5) is 0 Å². The molecule has 130 valence electrons. The van der Waals surface area contributed by atoms with Gasteiger partial charge in [0.2, 0.25) is 5.91 Å². The molecule has 1 aliphatic carbocycles. The molecule has 6 heteroatoms. The molecule has 1 aromatic rings. The number of hydrogen-bond acceptors (Lipinski definition) is 4. The molecule has 1 unspecified atom stereocenters. The predicted octanol–water partition coefficient (Wildman–Crippen LogP) is 2.42. The molecule has 1 saturated carbocycles. The van der Waals surface area contributed by atoms with Crippen LogP contribution in [0.1, 0.15) is 49.4 Å². The van der Waals surface area contributed by atoms with E-state index in [0.717, 1.165) is 12.8 Å². The Hall–Kier alpha value is -2.37. The summed E-state index contributed by atoms with van der Waals surface area (Å²) in [5.74, 6) is -0.168. The Morgan fingerprint density at radius 2 is 1.92 bits per heavy atom. The fourth-order valence-electron chi connectivity index (χ4n) is 2.38. The first kappa shape index (κ1) is 18.0. The van der Waals surface area contributed by atoms with Crippen molar-refractivity contribution >= 4 is 17.7 Å². The van der Waals surface area contributed by atoms with Crippen molar-refractivity contribution in [2.24, 2.45) is 5.92 Å². The molecule has 2 N–H and O–H groups in total. The Kier molecular flexibility index (Phi) is 6.35. The first-order chi connectivity index (χ1) is 11.5. The number of ketones is 1. The third kappa shape index (κ3) is 6.02. The number of rotatable bonds is 10. The van der Waals surface area contributed by atoms with Crippen molar-refractivity contribution in [2.75, 3.05) is 6.61 Å². The van der Waals surface area contributed by atoms with Gasteiger partial charge in [-0.25, -0.2) is 4.79 Å². The molecule has 0 radical (unpaired) electrons. The Labute approximate surface area is 141 Å². The van der Waals surface area contributed by atoms with Gasteiger partial charge in [0.1, 0.15) is 11.8 Å². The zero-order valence-corrected chi connectivity index (χ0v) is 13.8. The third-order valence-electron chi connectivity index (χ3n) is 3.98. The van der Waals surface area contributed by atoms with Crippen molar-refractivity contribution in [3.63, 3.8) is 0 Å². The van der Waals surface area contributed by atoms with Crippen LogP contribution in [0.15, 0.2) is 24.3 Å². The first-order valence-corrected chi connectivity index (χ1v) is 8.21. The van der Waals surface area contributed by atoms with E-state index in [0.29, 0.717) is 36.7 Å². The molecule has 0 saturated heterocycles. The summed E-state index contributed by atoms with van der Waals surface area (Å²) in [7, 11) is 0. The van der Waals surface area contributed by atoms with E-state index in [-0.39, 0.29) is 18.1 Å². The molecule has 0 spiro atoms. The first-order valence-electron chi connectivity index (χ1n) is 8.21. The monoisotopic (exact) mass is 333 g/mol. The largest absolute Gasteiger partial charge is 0.494 e. The molecule has 1 fully saturated rings. The minimum absolute atomic E-state index is 0.00240. The number of hydrogen-bond donors (Lipinski definition) is 2. The number of aliphatic carboxylic acids is 1. The zero-order valence-electron chi connectivity index (χ0n) is 13.8. The Morgan fingerprint density at radius 1 is 1.25 bits per heavy atom. The van der Waals surface area contributed by atoms with Gasteiger partial charge in [0.25, 0.3) is 0 Å². The van der Waals surface area contributed by atoms with E-state index in [4.69, 9.17) is 9.84 Å². The Bertz CT molecular complexity index is 592.